The average Bonchev–Trinajstić information content (AvgIpc) is 1.86. The summed E-state index contributed by atoms with van der Waals surface area (Å²) in [6.07, 6.45) is 0.850. The van der Waals surface area contributed by atoms with E-state index in [0.29, 0.717) is 0 Å². The fourth-order valence-electron chi connectivity index (χ4n) is 0.713. The van der Waals surface area contributed by atoms with Crippen molar-refractivity contribution in [2.75, 3.05) is 0 Å². The Morgan fingerprint density at radius 1 is 1.60 bits per heavy atom. The molecule has 0 spiro atoms. The van der Waals surface area contributed by atoms with Crippen LogP contribution >= 0.6 is 11.6 Å². The Bertz CT molecular complexity index is 127. The maximum atomic E-state index is 11.3. The summed E-state index contributed by atoms with van der Waals surface area (Å²) in [5.41, 5.74) is -0.249. The van der Waals surface area contributed by atoms with Crippen LogP contribution in [0.25, 0.3) is 0 Å². The molecule has 1 atom stereocenters. The highest BCUT2D eigenvalue weighted by Gasteiger charge is 2.28. The zero-order chi connectivity index (χ0) is 8.36. The summed E-state index contributed by atoms with van der Waals surface area (Å²) in [5, 5.41) is -0.352. The van der Waals surface area contributed by atoms with Crippen LogP contribution in [0.15, 0.2) is 0 Å². The van der Waals surface area contributed by atoms with E-state index in [-0.39, 0.29) is 16.6 Å². The van der Waals surface area contributed by atoms with E-state index in [0.717, 1.165) is 6.42 Å². The first-order valence-corrected chi connectivity index (χ1v) is 4.04. The number of Topliss-reactive ketones (excluding diaryl/α,β-unsaturated/α-hetero) is 1. The van der Waals surface area contributed by atoms with E-state index in [1.165, 1.54) is 0 Å². The van der Waals surface area contributed by atoms with Crippen molar-refractivity contribution in [3.63, 3.8) is 0 Å². The highest BCUT2D eigenvalue weighted by Crippen LogP contribution is 2.24. The summed E-state index contributed by atoms with van der Waals surface area (Å²) < 4.78 is 0. The van der Waals surface area contributed by atoms with Gasteiger partial charge in [-0.25, -0.2) is 0 Å². The van der Waals surface area contributed by atoms with Crippen molar-refractivity contribution in [1.29, 1.82) is 0 Å². The number of halogens is 1. The van der Waals surface area contributed by atoms with Crippen molar-refractivity contribution in [2.45, 2.75) is 39.5 Å². The molecule has 0 aliphatic carbocycles. The highest BCUT2D eigenvalue weighted by atomic mass is 35.5. The Balaban J connectivity index is 4.19. The van der Waals surface area contributed by atoms with Gasteiger partial charge in [0, 0.05) is 5.41 Å². The second kappa shape index (κ2) is 3.38. The lowest BCUT2D eigenvalue weighted by Crippen LogP contribution is -2.29. The van der Waals surface area contributed by atoms with E-state index in [1.807, 2.05) is 20.8 Å². The maximum absolute atomic E-state index is 11.3. The van der Waals surface area contributed by atoms with Crippen LogP contribution in [0.5, 0.6) is 0 Å². The third kappa shape index (κ3) is 2.30. The van der Waals surface area contributed by atoms with E-state index >= 15 is 0 Å². The Morgan fingerprint density at radius 2 is 2.00 bits per heavy atom. The highest BCUT2D eigenvalue weighted by molar-refractivity contribution is 6.31. The number of alkyl halides is 1. The molecule has 0 amide bonds. The minimum absolute atomic E-state index is 0.136. The number of carbonyl (C=O) groups is 1. The first kappa shape index (κ1) is 9.96. The summed E-state index contributed by atoms with van der Waals surface area (Å²) in [5.74, 6) is 0.136. The summed E-state index contributed by atoms with van der Waals surface area (Å²) in [6.45, 7) is 7.57. The van der Waals surface area contributed by atoms with Crippen LogP contribution in [0.3, 0.4) is 0 Å². The van der Waals surface area contributed by atoms with Crippen LogP contribution in [0.2, 0.25) is 0 Å². The second-order valence-electron chi connectivity index (χ2n) is 3.22. The molecule has 0 fully saturated rings. The Hall–Kier alpha value is -0.0400. The fraction of sp³-hybridized carbons (Fsp3) is 0.875. The van der Waals surface area contributed by atoms with Crippen LogP contribution in [0, 0.1) is 5.41 Å². The molecule has 10 heavy (non-hydrogen) atoms. The predicted molar refractivity (Wildman–Crippen MR) is 44.4 cm³/mol. The molecule has 2 heteroatoms. The lowest BCUT2D eigenvalue weighted by atomic mass is 9.84. The molecule has 0 aromatic rings. The van der Waals surface area contributed by atoms with Crippen molar-refractivity contribution in [1.82, 2.24) is 0 Å². The Labute approximate surface area is 67.8 Å². The van der Waals surface area contributed by atoms with E-state index in [9.17, 15) is 4.79 Å². The van der Waals surface area contributed by atoms with Gasteiger partial charge in [-0.3, -0.25) is 4.79 Å². The molecular weight excluding hydrogens is 148 g/mol. The second-order valence-corrected chi connectivity index (χ2v) is 3.87. The standard InChI is InChI=1S/C8H15ClO/c1-5-8(3,4)7(10)6(2)9/h6H,5H2,1-4H3. The Morgan fingerprint density at radius 3 is 2.10 bits per heavy atom. The molecule has 0 radical (unpaired) electrons. The van der Waals surface area contributed by atoms with Crippen LogP contribution in [0.4, 0.5) is 0 Å². The van der Waals surface area contributed by atoms with Crippen LogP contribution < -0.4 is 0 Å². The fourth-order valence-corrected chi connectivity index (χ4v) is 1.01. The van der Waals surface area contributed by atoms with E-state index in [2.05, 4.69) is 0 Å². The van der Waals surface area contributed by atoms with Gasteiger partial charge < -0.3 is 0 Å². The van der Waals surface area contributed by atoms with Gasteiger partial charge in [-0.2, -0.15) is 0 Å². The first-order valence-electron chi connectivity index (χ1n) is 3.60. The van der Waals surface area contributed by atoms with Gasteiger partial charge in [0.05, 0.1) is 5.38 Å². The van der Waals surface area contributed by atoms with Crippen LogP contribution in [-0.4, -0.2) is 11.2 Å². The van der Waals surface area contributed by atoms with Gasteiger partial charge in [0.1, 0.15) is 0 Å². The molecule has 0 bridgehead atoms. The monoisotopic (exact) mass is 162 g/mol. The summed E-state index contributed by atoms with van der Waals surface area (Å²) >= 11 is 5.64. The minimum Gasteiger partial charge on any atom is -0.297 e. The SMILES string of the molecule is CCC(C)(C)C(=O)C(C)Cl. The molecule has 1 unspecified atom stereocenters. The number of ketones is 1. The number of hydrogen-bond acceptors (Lipinski definition) is 1. The van der Waals surface area contributed by atoms with Crippen molar-refractivity contribution < 1.29 is 4.79 Å². The normalized spacial score (nSPS) is 14.9. The van der Waals surface area contributed by atoms with Crippen molar-refractivity contribution in [3.8, 4) is 0 Å². The lowest BCUT2D eigenvalue weighted by Gasteiger charge is -2.21. The molecule has 1 nitrogen and oxygen atoms in total. The zero-order valence-corrected chi connectivity index (χ0v) is 7.83. The molecule has 0 aromatic heterocycles. The quantitative estimate of drug-likeness (QED) is 0.584. The number of carbonyl (C=O) groups excluding carboxylic acids is 1. The molecule has 0 saturated carbocycles. The van der Waals surface area contributed by atoms with Gasteiger partial charge in [0.2, 0.25) is 0 Å². The molecule has 0 N–H and O–H groups in total. The first-order chi connectivity index (χ1) is 4.41. The molecule has 0 heterocycles. The van der Waals surface area contributed by atoms with Gasteiger partial charge in [0.25, 0.3) is 0 Å². The lowest BCUT2D eigenvalue weighted by molar-refractivity contribution is -0.126. The third-order valence-corrected chi connectivity index (χ3v) is 2.11. The third-order valence-electron chi connectivity index (χ3n) is 1.91. The topological polar surface area (TPSA) is 17.1 Å². The average molecular weight is 163 g/mol. The molecule has 60 valence electrons. The van der Waals surface area contributed by atoms with Crippen molar-refractivity contribution in [3.05, 3.63) is 0 Å². The molecule has 0 saturated heterocycles. The van der Waals surface area contributed by atoms with Gasteiger partial charge in [-0.1, -0.05) is 20.8 Å². The van der Waals surface area contributed by atoms with E-state index in [4.69, 9.17) is 11.6 Å². The summed E-state index contributed by atoms with van der Waals surface area (Å²) in [6, 6.07) is 0. The van der Waals surface area contributed by atoms with E-state index in [1.54, 1.807) is 6.92 Å². The van der Waals surface area contributed by atoms with Crippen molar-refractivity contribution >= 4 is 17.4 Å². The number of rotatable bonds is 3. The van der Waals surface area contributed by atoms with Crippen LogP contribution in [-0.2, 0) is 4.79 Å². The molecule has 0 aromatic carbocycles. The predicted octanol–water partition coefficient (Wildman–Crippen LogP) is 2.62. The van der Waals surface area contributed by atoms with Crippen molar-refractivity contribution in [2.24, 2.45) is 5.41 Å². The molecule has 0 rings (SSSR count). The maximum Gasteiger partial charge on any atom is 0.155 e. The smallest absolute Gasteiger partial charge is 0.155 e. The van der Waals surface area contributed by atoms with Gasteiger partial charge in [0.15, 0.2) is 5.78 Å². The molecular formula is C8H15ClO. The molecule has 0 aliphatic rings. The number of hydrogen-bond donors (Lipinski definition) is 0. The Kier molecular flexibility index (Phi) is 3.37. The zero-order valence-electron chi connectivity index (χ0n) is 7.07. The molecule has 0 aliphatic heterocycles. The summed E-state index contributed by atoms with van der Waals surface area (Å²) in [4.78, 5) is 11.3. The summed E-state index contributed by atoms with van der Waals surface area (Å²) in [7, 11) is 0. The van der Waals surface area contributed by atoms with Crippen LogP contribution in [0.1, 0.15) is 34.1 Å². The minimum atomic E-state index is -0.352. The largest absolute Gasteiger partial charge is 0.297 e. The van der Waals surface area contributed by atoms with Gasteiger partial charge in [-0.15, -0.1) is 11.6 Å². The van der Waals surface area contributed by atoms with Gasteiger partial charge in [-0.05, 0) is 13.3 Å². The van der Waals surface area contributed by atoms with E-state index < -0.39 is 0 Å². The van der Waals surface area contributed by atoms with Gasteiger partial charge >= 0.3 is 0 Å².